The van der Waals surface area contributed by atoms with Crippen LogP contribution in [0.4, 0.5) is 0 Å². The fourth-order valence-corrected chi connectivity index (χ4v) is 3.18. The second kappa shape index (κ2) is 5.64. The zero-order valence-corrected chi connectivity index (χ0v) is 13.7. The Balaban J connectivity index is 2.15. The molecule has 0 spiro atoms. The molecule has 2 aromatic heterocycles. The standard InChI is InChI=1S/C17H13Cl2N3/c1-10-3-11(7-20)4-17-13(10)5-12(22(17)2)6-14-15(18)8-21-9-16(14)19/h3-5,8-9H,6H2,1-2H3. The zero-order chi connectivity index (χ0) is 15.9. The van der Waals surface area contributed by atoms with E-state index in [-0.39, 0.29) is 0 Å². The van der Waals surface area contributed by atoms with Gasteiger partial charge in [-0.2, -0.15) is 5.26 Å². The first-order valence-corrected chi connectivity index (χ1v) is 7.53. The molecule has 2 heterocycles. The van der Waals surface area contributed by atoms with Gasteiger partial charge in [0.1, 0.15) is 0 Å². The average molecular weight is 330 g/mol. The lowest BCUT2D eigenvalue weighted by Crippen LogP contribution is -1.99. The largest absolute Gasteiger partial charge is 0.347 e. The second-order valence-corrected chi connectivity index (χ2v) is 6.11. The number of benzene rings is 1. The summed E-state index contributed by atoms with van der Waals surface area (Å²) < 4.78 is 2.08. The third kappa shape index (κ3) is 2.45. The Morgan fingerprint density at radius 3 is 2.50 bits per heavy atom. The molecule has 0 saturated carbocycles. The minimum atomic E-state index is 0.562. The van der Waals surface area contributed by atoms with E-state index in [9.17, 15) is 0 Å². The first-order chi connectivity index (χ1) is 10.5. The summed E-state index contributed by atoms with van der Waals surface area (Å²) in [6, 6.07) is 8.13. The van der Waals surface area contributed by atoms with E-state index < -0.39 is 0 Å². The molecule has 0 saturated heterocycles. The summed E-state index contributed by atoms with van der Waals surface area (Å²) in [6.45, 7) is 2.01. The van der Waals surface area contributed by atoms with Gasteiger partial charge in [0, 0.05) is 42.5 Å². The Hall–Kier alpha value is -2.02. The number of nitrogens with zero attached hydrogens (tertiary/aromatic N) is 3. The SMILES string of the molecule is Cc1cc(C#N)cc2c1cc(Cc1c(Cl)cncc1Cl)n2C. The van der Waals surface area contributed by atoms with Gasteiger partial charge in [-0.1, -0.05) is 23.2 Å². The molecule has 0 radical (unpaired) electrons. The summed E-state index contributed by atoms with van der Waals surface area (Å²) in [7, 11) is 1.99. The summed E-state index contributed by atoms with van der Waals surface area (Å²) >= 11 is 12.4. The fraction of sp³-hybridized carbons (Fsp3) is 0.176. The van der Waals surface area contributed by atoms with Crippen molar-refractivity contribution in [2.45, 2.75) is 13.3 Å². The van der Waals surface area contributed by atoms with Crippen molar-refractivity contribution < 1.29 is 0 Å². The van der Waals surface area contributed by atoms with Gasteiger partial charge in [0.25, 0.3) is 0 Å². The number of aromatic nitrogens is 2. The Labute approximate surface area is 138 Å². The number of pyridine rings is 1. The maximum atomic E-state index is 9.13. The number of hydrogen-bond acceptors (Lipinski definition) is 2. The molecule has 0 aliphatic carbocycles. The third-order valence-electron chi connectivity index (χ3n) is 3.91. The number of rotatable bonds is 2. The normalized spacial score (nSPS) is 10.9. The lowest BCUT2D eigenvalue weighted by Gasteiger charge is -2.08. The molecule has 22 heavy (non-hydrogen) atoms. The van der Waals surface area contributed by atoms with Crippen molar-refractivity contribution in [2.75, 3.05) is 0 Å². The molecule has 0 unspecified atom stereocenters. The fourth-order valence-electron chi connectivity index (χ4n) is 2.69. The topological polar surface area (TPSA) is 41.6 Å². The molecule has 0 aliphatic rings. The molecule has 3 nitrogen and oxygen atoms in total. The molecule has 110 valence electrons. The van der Waals surface area contributed by atoms with E-state index in [1.54, 1.807) is 12.4 Å². The summed E-state index contributed by atoms with van der Waals surface area (Å²) in [5.41, 5.74) is 4.74. The van der Waals surface area contributed by atoms with E-state index in [0.717, 1.165) is 27.7 Å². The van der Waals surface area contributed by atoms with Gasteiger partial charge in [0.15, 0.2) is 0 Å². The molecular formula is C17H13Cl2N3. The van der Waals surface area contributed by atoms with Gasteiger partial charge in [-0.15, -0.1) is 0 Å². The monoisotopic (exact) mass is 329 g/mol. The van der Waals surface area contributed by atoms with E-state index in [0.29, 0.717) is 22.0 Å². The van der Waals surface area contributed by atoms with Crippen LogP contribution in [0.3, 0.4) is 0 Å². The second-order valence-electron chi connectivity index (χ2n) is 5.29. The van der Waals surface area contributed by atoms with Crippen LogP contribution in [-0.4, -0.2) is 9.55 Å². The van der Waals surface area contributed by atoms with Crippen molar-refractivity contribution in [2.24, 2.45) is 7.05 Å². The highest BCUT2D eigenvalue weighted by Gasteiger charge is 2.13. The molecule has 3 rings (SSSR count). The number of fused-ring (bicyclic) bond motifs is 1. The number of halogens is 2. The summed E-state index contributed by atoms with van der Waals surface area (Å²) in [4.78, 5) is 3.98. The van der Waals surface area contributed by atoms with Gasteiger partial charge >= 0.3 is 0 Å². The quantitative estimate of drug-likeness (QED) is 0.686. The Bertz CT molecular complexity index is 900. The Morgan fingerprint density at radius 1 is 1.18 bits per heavy atom. The molecule has 3 aromatic rings. The maximum Gasteiger partial charge on any atom is 0.0992 e. The van der Waals surface area contributed by atoms with Crippen LogP contribution < -0.4 is 0 Å². The van der Waals surface area contributed by atoms with Crippen LogP contribution in [0.1, 0.15) is 22.4 Å². The highest BCUT2D eigenvalue weighted by atomic mass is 35.5. The minimum absolute atomic E-state index is 0.562. The van der Waals surface area contributed by atoms with E-state index in [2.05, 4.69) is 21.7 Å². The smallest absolute Gasteiger partial charge is 0.0992 e. The molecule has 5 heteroatoms. The van der Waals surface area contributed by atoms with Gasteiger partial charge in [0.2, 0.25) is 0 Å². The van der Waals surface area contributed by atoms with Gasteiger partial charge in [-0.25, -0.2) is 0 Å². The van der Waals surface area contributed by atoms with E-state index in [1.807, 2.05) is 26.1 Å². The molecule has 0 amide bonds. The summed E-state index contributed by atoms with van der Waals surface area (Å²) in [5, 5.41) is 11.4. The van der Waals surface area contributed by atoms with Crippen LogP contribution in [0.5, 0.6) is 0 Å². The molecule has 1 aromatic carbocycles. The van der Waals surface area contributed by atoms with Crippen molar-refractivity contribution in [1.82, 2.24) is 9.55 Å². The van der Waals surface area contributed by atoms with Gasteiger partial charge in [-0.05, 0) is 36.2 Å². The van der Waals surface area contributed by atoms with Crippen molar-refractivity contribution in [3.63, 3.8) is 0 Å². The Kier molecular flexibility index (Phi) is 3.82. The van der Waals surface area contributed by atoms with E-state index >= 15 is 0 Å². The molecule has 0 aliphatic heterocycles. The van der Waals surface area contributed by atoms with E-state index in [4.69, 9.17) is 28.5 Å². The molecular weight excluding hydrogens is 317 g/mol. The molecule has 0 N–H and O–H groups in total. The van der Waals surface area contributed by atoms with Crippen LogP contribution in [0.25, 0.3) is 10.9 Å². The predicted molar refractivity (Wildman–Crippen MR) is 89.4 cm³/mol. The third-order valence-corrected chi connectivity index (χ3v) is 4.56. The minimum Gasteiger partial charge on any atom is -0.347 e. The lowest BCUT2D eigenvalue weighted by atomic mass is 10.1. The first-order valence-electron chi connectivity index (χ1n) is 6.78. The maximum absolute atomic E-state index is 9.13. The molecule has 0 bridgehead atoms. The van der Waals surface area contributed by atoms with Crippen molar-refractivity contribution in [3.8, 4) is 6.07 Å². The molecule has 0 atom stereocenters. The van der Waals surface area contributed by atoms with Crippen molar-refractivity contribution in [1.29, 1.82) is 5.26 Å². The Morgan fingerprint density at radius 2 is 1.86 bits per heavy atom. The van der Waals surface area contributed by atoms with Crippen molar-refractivity contribution >= 4 is 34.1 Å². The van der Waals surface area contributed by atoms with Crippen LogP contribution in [-0.2, 0) is 13.5 Å². The zero-order valence-electron chi connectivity index (χ0n) is 12.2. The highest BCUT2D eigenvalue weighted by Crippen LogP contribution is 2.29. The van der Waals surface area contributed by atoms with Crippen LogP contribution in [0, 0.1) is 18.3 Å². The average Bonchev–Trinajstić information content (AvgIpc) is 2.80. The predicted octanol–water partition coefficient (Wildman–Crippen LogP) is 4.65. The number of hydrogen-bond donors (Lipinski definition) is 0. The van der Waals surface area contributed by atoms with Gasteiger partial charge < -0.3 is 4.57 Å². The first kappa shape index (κ1) is 14.9. The highest BCUT2D eigenvalue weighted by molar-refractivity contribution is 6.35. The van der Waals surface area contributed by atoms with Gasteiger partial charge in [-0.3, -0.25) is 4.98 Å². The van der Waals surface area contributed by atoms with E-state index in [1.165, 1.54) is 0 Å². The van der Waals surface area contributed by atoms with Crippen molar-refractivity contribution in [3.05, 3.63) is 63.0 Å². The molecule has 0 fully saturated rings. The summed E-state index contributed by atoms with van der Waals surface area (Å²) in [5.74, 6) is 0. The van der Waals surface area contributed by atoms with Crippen LogP contribution in [0.15, 0.2) is 30.6 Å². The van der Waals surface area contributed by atoms with Gasteiger partial charge in [0.05, 0.1) is 21.7 Å². The summed E-state index contributed by atoms with van der Waals surface area (Å²) in [6.07, 6.45) is 3.82. The van der Waals surface area contributed by atoms with Crippen LogP contribution >= 0.6 is 23.2 Å². The number of nitriles is 1. The lowest BCUT2D eigenvalue weighted by molar-refractivity contribution is 0.879. The number of aryl methyl sites for hydroxylation is 2. The van der Waals surface area contributed by atoms with Crippen LogP contribution in [0.2, 0.25) is 10.0 Å².